The highest BCUT2D eigenvalue weighted by Gasteiger charge is 2.63. The molecule has 0 saturated heterocycles. The Labute approximate surface area is 180 Å². The van der Waals surface area contributed by atoms with Gasteiger partial charge in [0.2, 0.25) is 0 Å². The smallest absolute Gasteiger partial charge is 0.427 e. The van der Waals surface area contributed by atoms with Crippen molar-refractivity contribution in [1.82, 2.24) is 5.43 Å². The fourth-order valence-corrected chi connectivity index (χ4v) is 7.22. The van der Waals surface area contributed by atoms with Crippen LogP contribution in [0.25, 0.3) is 0 Å². The van der Waals surface area contributed by atoms with Crippen LogP contribution in [0, 0.1) is 34.0 Å². The maximum atomic E-state index is 12.6. The zero-order valence-electron chi connectivity index (χ0n) is 19.1. The monoisotopic (exact) mass is 412 g/mol. The molecule has 0 aromatic heterocycles. The second-order valence-corrected chi connectivity index (χ2v) is 10.5. The quantitative estimate of drug-likeness (QED) is 0.629. The fourth-order valence-electron chi connectivity index (χ4n) is 7.22. The summed E-state index contributed by atoms with van der Waals surface area (Å²) in [6, 6.07) is 0. The SMILES string of the molecule is CCOC(=O)NN=C1C=C2C=C[C@H]3[C@@H](CC[C@]4(C)[C@@H]3CC[C@]4(C)C(C)=O)[C@]2(C)CC1. The summed E-state index contributed by atoms with van der Waals surface area (Å²) in [5.41, 5.74) is 4.79. The number of ketones is 1. The van der Waals surface area contributed by atoms with Gasteiger partial charge in [-0.1, -0.05) is 32.9 Å². The number of carbonyl (C=O) groups excluding carboxylic acids is 2. The molecule has 0 spiro atoms. The van der Waals surface area contributed by atoms with Crippen molar-refractivity contribution < 1.29 is 14.3 Å². The molecule has 0 aliphatic heterocycles. The number of carbonyl (C=O) groups is 2. The predicted octanol–water partition coefficient (Wildman–Crippen LogP) is 5.42. The molecular weight excluding hydrogens is 376 g/mol. The van der Waals surface area contributed by atoms with E-state index >= 15 is 0 Å². The topological polar surface area (TPSA) is 67.8 Å². The van der Waals surface area contributed by atoms with E-state index in [2.05, 4.69) is 49.5 Å². The number of hydrogen-bond donors (Lipinski definition) is 1. The molecule has 6 atom stereocenters. The Morgan fingerprint density at radius 2 is 1.90 bits per heavy atom. The lowest BCUT2D eigenvalue weighted by Crippen LogP contribution is -2.52. The number of nitrogens with one attached hydrogen (secondary N) is 1. The summed E-state index contributed by atoms with van der Waals surface area (Å²) in [5, 5.41) is 4.27. The summed E-state index contributed by atoms with van der Waals surface area (Å²) in [7, 11) is 0. The summed E-state index contributed by atoms with van der Waals surface area (Å²) >= 11 is 0. The van der Waals surface area contributed by atoms with Crippen LogP contribution in [0.4, 0.5) is 4.79 Å². The molecule has 30 heavy (non-hydrogen) atoms. The molecule has 5 nitrogen and oxygen atoms in total. The lowest BCUT2D eigenvalue weighted by Gasteiger charge is -2.57. The predicted molar refractivity (Wildman–Crippen MR) is 118 cm³/mol. The first-order chi connectivity index (χ1) is 14.2. The minimum absolute atomic E-state index is 0.104. The number of Topliss-reactive ketones (excluding diaryl/α,β-unsaturated/α-hetero) is 1. The van der Waals surface area contributed by atoms with Crippen LogP contribution in [0.3, 0.4) is 0 Å². The molecule has 2 saturated carbocycles. The van der Waals surface area contributed by atoms with Crippen molar-refractivity contribution in [1.29, 1.82) is 0 Å². The molecular formula is C25H36N2O3. The molecule has 4 aliphatic carbocycles. The Morgan fingerprint density at radius 1 is 1.17 bits per heavy atom. The van der Waals surface area contributed by atoms with E-state index in [1.54, 1.807) is 13.8 Å². The molecule has 1 amide bonds. The minimum atomic E-state index is -0.502. The summed E-state index contributed by atoms with van der Waals surface area (Å²) in [6.45, 7) is 10.9. The number of nitrogens with zero attached hydrogens (tertiary/aromatic N) is 1. The van der Waals surface area contributed by atoms with Gasteiger partial charge in [0.1, 0.15) is 5.78 Å². The Morgan fingerprint density at radius 3 is 2.60 bits per heavy atom. The summed E-state index contributed by atoms with van der Waals surface area (Å²) in [5.74, 6) is 2.11. The van der Waals surface area contributed by atoms with Crippen LogP contribution in [-0.2, 0) is 9.53 Å². The van der Waals surface area contributed by atoms with Gasteiger partial charge in [-0.2, -0.15) is 5.10 Å². The molecule has 0 heterocycles. The van der Waals surface area contributed by atoms with E-state index in [0.29, 0.717) is 30.1 Å². The third-order valence-electron chi connectivity index (χ3n) is 9.48. The van der Waals surface area contributed by atoms with Gasteiger partial charge in [-0.25, -0.2) is 10.2 Å². The van der Waals surface area contributed by atoms with E-state index < -0.39 is 6.09 Å². The second kappa shape index (κ2) is 7.35. The van der Waals surface area contributed by atoms with E-state index in [4.69, 9.17) is 4.74 Å². The molecule has 0 radical (unpaired) electrons. The van der Waals surface area contributed by atoms with Gasteiger partial charge in [-0.15, -0.1) is 0 Å². The van der Waals surface area contributed by atoms with Crippen LogP contribution in [0.5, 0.6) is 0 Å². The molecule has 0 bridgehead atoms. The molecule has 1 N–H and O–H groups in total. The van der Waals surface area contributed by atoms with Crippen molar-refractivity contribution in [2.45, 2.75) is 73.1 Å². The number of amides is 1. The first kappa shape index (κ1) is 21.3. The zero-order chi connectivity index (χ0) is 21.7. The average Bonchev–Trinajstić information content (AvgIpc) is 2.99. The number of rotatable bonds is 3. The van der Waals surface area contributed by atoms with Crippen molar-refractivity contribution in [2.75, 3.05) is 6.61 Å². The van der Waals surface area contributed by atoms with Gasteiger partial charge in [0.25, 0.3) is 0 Å². The molecule has 0 aromatic carbocycles. The highest BCUT2D eigenvalue weighted by molar-refractivity contribution is 5.97. The van der Waals surface area contributed by atoms with E-state index in [1.807, 2.05) is 0 Å². The van der Waals surface area contributed by atoms with Crippen molar-refractivity contribution in [3.05, 3.63) is 23.8 Å². The van der Waals surface area contributed by atoms with E-state index in [-0.39, 0.29) is 16.2 Å². The summed E-state index contributed by atoms with van der Waals surface area (Å²) < 4.78 is 4.90. The first-order valence-corrected chi connectivity index (χ1v) is 11.6. The van der Waals surface area contributed by atoms with Gasteiger partial charge >= 0.3 is 6.09 Å². The van der Waals surface area contributed by atoms with E-state index in [9.17, 15) is 9.59 Å². The van der Waals surface area contributed by atoms with Gasteiger partial charge in [-0.05, 0) is 92.6 Å². The largest absolute Gasteiger partial charge is 0.449 e. The lowest BCUT2D eigenvalue weighted by molar-refractivity contribution is -0.136. The molecule has 0 aromatic rings. The number of hydrogen-bond acceptors (Lipinski definition) is 4. The number of allylic oxidation sites excluding steroid dienone is 4. The zero-order valence-corrected chi connectivity index (χ0v) is 19.1. The minimum Gasteiger partial charge on any atom is -0.449 e. The molecule has 2 fully saturated rings. The van der Waals surface area contributed by atoms with Crippen LogP contribution < -0.4 is 5.43 Å². The fraction of sp³-hybridized carbons (Fsp3) is 0.720. The molecule has 0 unspecified atom stereocenters. The van der Waals surface area contributed by atoms with Crippen molar-refractivity contribution in [3.63, 3.8) is 0 Å². The van der Waals surface area contributed by atoms with Crippen molar-refractivity contribution in [2.24, 2.45) is 39.1 Å². The first-order valence-electron chi connectivity index (χ1n) is 11.6. The summed E-state index contributed by atoms with van der Waals surface area (Å²) in [6.07, 6.45) is 12.8. The number of fused-ring (bicyclic) bond motifs is 5. The lowest BCUT2D eigenvalue weighted by atomic mass is 9.46. The normalized spacial score (nSPS) is 43.3. The summed E-state index contributed by atoms with van der Waals surface area (Å²) in [4.78, 5) is 24.1. The maximum Gasteiger partial charge on any atom is 0.427 e. The van der Waals surface area contributed by atoms with Crippen LogP contribution in [-0.4, -0.2) is 24.2 Å². The van der Waals surface area contributed by atoms with Gasteiger partial charge in [0.15, 0.2) is 0 Å². The Balaban J connectivity index is 1.61. The highest BCUT2D eigenvalue weighted by Crippen LogP contribution is 2.68. The number of ether oxygens (including phenoxy) is 1. The molecule has 164 valence electrons. The Bertz CT molecular complexity index is 843. The van der Waals surface area contributed by atoms with Crippen LogP contribution in [0.2, 0.25) is 0 Å². The third kappa shape index (κ3) is 2.99. The van der Waals surface area contributed by atoms with E-state index in [0.717, 1.165) is 37.8 Å². The standard InChI is InChI=1S/C25H36N2O3/c1-6-30-22(29)27-26-18-9-12-23(3)17(15-18)7-8-19-20(23)10-14-25(5)21(19)11-13-24(25,4)16(2)28/h7-8,15,19-21H,6,9-14H2,1-5H3,(H,27,29)/t19-,20+,21+,23+,24+,25+/m0/s1. The molecule has 4 rings (SSSR count). The Kier molecular flexibility index (Phi) is 5.22. The average molecular weight is 413 g/mol. The third-order valence-corrected chi connectivity index (χ3v) is 9.48. The Hall–Kier alpha value is -1.91. The van der Waals surface area contributed by atoms with Crippen LogP contribution in [0.15, 0.2) is 28.9 Å². The highest BCUT2D eigenvalue weighted by atomic mass is 16.5. The van der Waals surface area contributed by atoms with Gasteiger partial charge in [0.05, 0.1) is 12.3 Å². The van der Waals surface area contributed by atoms with E-state index in [1.165, 1.54) is 12.0 Å². The van der Waals surface area contributed by atoms with Crippen molar-refractivity contribution in [3.8, 4) is 0 Å². The van der Waals surface area contributed by atoms with Gasteiger partial charge in [-0.3, -0.25) is 4.79 Å². The van der Waals surface area contributed by atoms with Gasteiger partial charge in [0, 0.05) is 5.41 Å². The maximum absolute atomic E-state index is 12.6. The number of hydrazone groups is 1. The molecule has 4 aliphatic rings. The molecule has 5 heteroatoms. The second-order valence-electron chi connectivity index (χ2n) is 10.5. The van der Waals surface area contributed by atoms with Crippen molar-refractivity contribution >= 4 is 17.6 Å². The van der Waals surface area contributed by atoms with Gasteiger partial charge < -0.3 is 4.74 Å². The van der Waals surface area contributed by atoms with Crippen LogP contribution >= 0.6 is 0 Å². The van der Waals surface area contributed by atoms with Crippen LogP contribution in [0.1, 0.15) is 73.1 Å².